The molecule has 0 radical (unpaired) electrons. The molecule has 0 unspecified atom stereocenters. The Bertz CT molecular complexity index is 1060. The second-order valence-electron chi connectivity index (χ2n) is 6.59. The van der Waals surface area contributed by atoms with E-state index in [-0.39, 0.29) is 11.7 Å². The zero-order chi connectivity index (χ0) is 18.8. The van der Waals surface area contributed by atoms with E-state index < -0.39 is 11.9 Å². The fraction of sp³-hybridized carbons (Fsp3) is 0.238. The minimum absolute atomic E-state index is 0.283. The van der Waals surface area contributed by atoms with Crippen molar-refractivity contribution in [1.82, 2.24) is 9.55 Å². The van der Waals surface area contributed by atoms with Gasteiger partial charge in [0.2, 0.25) is 0 Å². The quantitative estimate of drug-likeness (QED) is 0.755. The first-order chi connectivity index (χ1) is 13.1. The van der Waals surface area contributed by atoms with Crippen LogP contribution < -0.4 is 11.2 Å². The molecule has 2 aromatic carbocycles. The molecule has 3 aromatic rings. The van der Waals surface area contributed by atoms with Gasteiger partial charge in [-0.15, -0.1) is 0 Å². The zero-order valence-corrected chi connectivity index (χ0v) is 14.9. The molecular weight excluding hydrogens is 344 g/mol. The lowest BCUT2D eigenvalue weighted by atomic mass is 10.0. The van der Waals surface area contributed by atoms with Crippen LogP contribution in [0.3, 0.4) is 0 Å². The fourth-order valence-electron chi connectivity index (χ4n) is 3.29. The highest BCUT2D eigenvalue weighted by Crippen LogP contribution is 2.39. The van der Waals surface area contributed by atoms with Crippen LogP contribution in [-0.4, -0.2) is 16.2 Å². The number of hydrogen-bond acceptors (Lipinski definition) is 4. The molecule has 6 heteroatoms. The highest BCUT2D eigenvalue weighted by molar-refractivity contribution is 5.35. The molecule has 0 bridgehead atoms. The van der Waals surface area contributed by atoms with Gasteiger partial charge < -0.3 is 9.47 Å². The smallest absolute Gasteiger partial charge is 0.330 e. The van der Waals surface area contributed by atoms with Gasteiger partial charge in [-0.05, 0) is 18.1 Å². The Balaban J connectivity index is 1.57. The van der Waals surface area contributed by atoms with E-state index in [1.165, 1.54) is 10.8 Å². The number of aryl methyl sites for hydroxylation is 1. The molecule has 6 nitrogen and oxygen atoms in total. The standard InChI is InChI=1S/C21H20N2O4/c1-14-11-23(21(25)22-19(14)24)20-17-10-6-5-9-16(17)18(27-20)13-26-12-15-7-3-2-4-8-15/h2-11,18,20H,12-13H2,1H3,(H,22,24,25)/t18-,20-/m0/s1. The molecule has 0 spiro atoms. The normalized spacial score (nSPS) is 18.4. The minimum Gasteiger partial charge on any atom is -0.374 e. The summed E-state index contributed by atoms with van der Waals surface area (Å²) in [6, 6.07) is 17.7. The van der Waals surface area contributed by atoms with E-state index in [0.717, 1.165) is 16.7 Å². The van der Waals surface area contributed by atoms with Crippen molar-refractivity contribution in [1.29, 1.82) is 0 Å². The van der Waals surface area contributed by atoms with Gasteiger partial charge in [0.1, 0.15) is 6.10 Å². The van der Waals surface area contributed by atoms with Crippen LogP contribution >= 0.6 is 0 Å². The second kappa shape index (κ2) is 7.34. The van der Waals surface area contributed by atoms with Gasteiger partial charge in [-0.3, -0.25) is 14.3 Å². The average molecular weight is 364 g/mol. The van der Waals surface area contributed by atoms with Crippen molar-refractivity contribution in [3.63, 3.8) is 0 Å². The number of aromatic nitrogens is 2. The number of hydrogen-bond donors (Lipinski definition) is 1. The van der Waals surface area contributed by atoms with Crippen molar-refractivity contribution in [3.8, 4) is 0 Å². The summed E-state index contributed by atoms with van der Waals surface area (Å²) in [5, 5.41) is 0. The summed E-state index contributed by atoms with van der Waals surface area (Å²) in [7, 11) is 0. The molecule has 4 rings (SSSR count). The fourth-order valence-corrected chi connectivity index (χ4v) is 3.29. The lowest BCUT2D eigenvalue weighted by Gasteiger charge is -2.17. The van der Waals surface area contributed by atoms with Crippen LogP contribution in [0, 0.1) is 6.92 Å². The lowest BCUT2D eigenvalue weighted by molar-refractivity contribution is -0.0562. The van der Waals surface area contributed by atoms with Gasteiger partial charge in [-0.1, -0.05) is 54.6 Å². The minimum atomic E-state index is -0.588. The van der Waals surface area contributed by atoms with Gasteiger partial charge in [0.25, 0.3) is 5.56 Å². The lowest BCUT2D eigenvalue weighted by Crippen LogP contribution is -2.33. The maximum Gasteiger partial charge on any atom is 0.330 e. The van der Waals surface area contributed by atoms with Crippen molar-refractivity contribution in [2.24, 2.45) is 0 Å². The van der Waals surface area contributed by atoms with Gasteiger partial charge in [0.05, 0.1) is 13.2 Å². The van der Waals surface area contributed by atoms with E-state index in [1.807, 2.05) is 54.6 Å². The molecule has 1 aliphatic heterocycles. The SMILES string of the molecule is Cc1cn([C@H]2O[C@@H](COCc3ccccc3)c3ccccc32)c(=O)[nH]c1=O. The van der Waals surface area contributed by atoms with E-state index in [0.29, 0.717) is 18.8 Å². The van der Waals surface area contributed by atoms with Crippen molar-refractivity contribution in [2.75, 3.05) is 6.61 Å². The number of H-pyrrole nitrogens is 1. The van der Waals surface area contributed by atoms with E-state index in [1.54, 1.807) is 6.92 Å². The molecule has 0 saturated carbocycles. The van der Waals surface area contributed by atoms with E-state index >= 15 is 0 Å². The monoisotopic (exact) mass is 364 g/mol. The first-order valence-corrected chi connectivity index (χ1v) is 8.81. The Kier molecular flexibility index (Phi) is 4.75. The number of fused-ring (bicyclic) bond motifs is 1. The molecule has 0 amide bonds. The highest BCUT2D eigenvalue weighted by Gasteiger charge is 2.33. The van der Waals surface area contributed by atoms with E-state index in [9.17, 15) is 9.59 Å². The molecule has 2 atom stereocenters. The summed E-state index contributed by atoms with van der Waals surface area (Å²) in [4.78, 5) is 26.3. The molecule has 1 aromatic heterocycles. The number of aromatic amines is 1. The second-order valence-corrected chi connectivity index (χ2v) is 6.59. The van der Waals surface area contributed by atoms with Crippen LogP contribution in [0.25, 0.3) is 0 Å². The topological polar surface area (TPSA) is 73.3 Å². The Labute approximate surface area is 156 Å². The van der Waals surface area contributed by atoms with E-state index in [2.05, 4.69) is 4.98 Å². The maximum absolute atomic E-state index is 12.3. The van der Waals surface area contributed by atoms with Crippen LogP contribution in [-0.2, 0) is 16.1 Å². The molecular formula is C21H20N2O4. The van der Waals surface area contributed by atoms with Crippen LogP contribution in [0.15, 0.2) is 70.4 Å². The van der Waals surface area contributed by atoms with Gasteiger partial charge >= 0.3 is 5.69 Å². The Morgan fingerprint density at radius 1 is 1.04 bits per heavy atom. The number of nitrogens with one attached hydrogen (secondary N) is 1. The zero-order valence-electron chi connectivity index (χ0n) is 14.9. The number of rotatable bonds is 5. The molecule has 27 heavy (non-hydrogen) atoms. The first-order valence-electron chi connectivity index (χ1n) is 8.81. The van der Waals surface area contributed by atoms with Gasteiger partial charge in [-0.25, -0.2) is 4.79 Å². The Hall–Kier alpha value is -2.96. The third kappa shape index (κ3) is 3.49. The Morgan fingerprint density at radius 3 is 2.52 bits per heavy atom. The highest BCUT2D eigenvalue weighted by atomic mass is 16.5. The molecule has 0 aliphatic carbocycles. The summed E-state index contributed by atoms with van der Waals surface area (Å²) in [6.45, 7) is 2.53. The predicted octanol–water partition coefficient (Wildman–Crippen LogP) is 2.68. The molecule has 0 saturated heterocycles. The van der Waals surface area contributed by atoms with Crippen molar-refractivity contribution >= 4 is 0 Å². The Morgan fingerprint density at radius 2 is 1.74 bits per heavy atom. The van der Waals surface area contributed by atoms with Crippen LogP contribution in [0.2, 0.25) is 0 Å². The molecule has 1 N–H and O–H groups in total. The summed E-state index contributed by atoms with van der Waals surface area (Å²) in [5.74, 6) is 0. The van der Waals surface area contributed by atoms with Gasteiger partial charge in [0, 0.05) is 17.3 Å². The van der Waals surface area contributed by atoms with Gasteiger partial charge in [0.15, 0.2) is 6.23 Å². The summed E-state index contributed by atoms with van der Waals surface area (Å²) >= 11 is 0. The maximum atomic E-state index is 12.3. The van der Waals surface area contributed by atoms with Crippen molar-refractivity contribution in [3.05, 3.63) is 104 Å². The number of nitrogens with zero attached hydrogens (tertiary/aromatic N) is 1. The largest absolute Gasteiger partial charge is 0.374 e. The summed E-state index contributed by atoms with van der Waals surface area (Å²) in [5.41, 5.74) is 2.57. The third-order valence-electron chi connectivity index (χ3n) is 4.68. The average Bonchev–Trinajstić information content (AvgIpc) is 3.04. The summed E-state index contributed by atoms with van der Waals surface area (Å²) < 4.78 is 13.4. The predicted molar refractivity (Wildman–Crippen MR) is 101 cm³/mol. The number of ether oxygens (including phenoxy) is 2. The van der Waals surface area contributed by atoms with Crippen LogP contribution in [0.4, 0.5) is 0 Å². The van der Waals surface area contributed by atoms with Crippen LogP contribution in [0.1, 0.15) is 34.6 Å². The molecule has 0 fully saturated rings. The number of benzene rings is 2. The van der Waals surface area contributed by atoms with Crippen molar-refractivity contribution in [2.45, 2.75) is 25.9 Å². The summed E-state index contributed by atoms with van der Waals surface area (Å²) in [6.07, 6.45) is 0.666. The van der Waals surface area contributed by atoms with Crippen LogP contribution in [0.5, 0.6) is 0 Å². The van der Waals surface area contributed by atoms with Crippen molar-refractivity contribution < 1.29 is 9.47 Å². The molecule has 1 aliphatic rings. The van der Waals surface area contributed by atoms with Gasteiger partial charge in [-0.2, -0.15) is 0 Å². The first kappa shape index (κ1) is 17.5. The third-order valence-corrected chi connectivity index (χ3v) is 4.68. The molecule has 2 heterocycles. The molecule has 138 valence electrons. The van der Waals surface area contributed by atoms with E-state index in [4.69, 9.17) is 9.47 Å².